The highest BCUT2D eigenvalue weighted by Crippen LogP contribution is 2.29. The van der Waals surface area contributed by atoms with Crippen molar-refractivity contribution in [3.8, 4) is 0 Å². The van der Waals surface area contributed by atoms with Gasteiger partial charge in [-0.05, 0) is 44.4 Å². The smallest absolute Gasteiger partial charge is 0.225 e. The number of carbonyl (C=O) groups excluding carboxylic acids is 1. The van der Waals surface area contributed by atoms with E-state index in [4.69, 9.17) is 0 Å². The number of likely N-dealkylation sites (tertiary alicyclic amines) is 2. The molecule has 2 aliphatic heterocycles. The molecule has 0 spiro atoms. The van der Waals surface area contributed by atoms with Crippen LogP contribution in [-0.2, 0) is 4.79 Å². The minimum Gasteiger partial charge on any atom is -0.395 e. The first kappa shape index (κ1) is 17.2. The zero-order valence-electron chi connectivity index (χ0n) is 14.2. The highest BCUT2D eigenvalue weighted by Gasteiger charge is 2.32. The normalized spacial score (nSPS) is 31.7. The Labute approximate surface area is 139 Å². The molecule has 23 heavy (non-hydrogen) atoms. The first-order valence-corrected chi connectivity index (χ1v) is 9.49. The van der Waals surface area contributed by atoms with Crippen molar-refractivity contribution < 1.29 is 15.0 Å². The van der Waals surface area contributed by atoms with E-state index < -0.39 is 0 Å². The number of hydrogen-bond acceptors (Lipinski definition) is 4. The molecule has 1 saturated carbocycles. The molecular formula is C18H32N2O3. The van der Waals surface area contributed by atoms with Gasteiger partial charge in [-0.3, -0.25) is 9.69 Å². The van der Waals surface area contributed by atoms with Gasteiger partial charge in [0.25, 0.3) is 0 Å². The molecule has 3 fully saturated rings. The standard InChI is InChI=1S/C18H32N2O3/c21-13-16-11-17(22)7-10-20(16)12-14-5-8-19(9-6-14)18(23)15-3-1-2-4-15/h14-17,21-22H,1-13H2. The van der Waals surface area contributed by atoms with Crippen LogP contribution in [0.4, 0.5) is 0 Å². The van der Waals surface area contributed by atoms with E-state index in [0.717, 1.165) is 58.3 Å². The van der Waals surface area contributed by atoms with Gasteiger partial charge in [0.2, 0.25) is 5.91 Å². The van der Waals surface area contributed by atoms with Crippen molar-refractivity contribution in [3.05, 3.63) is 0 Å². The summed E-state index contributed by atoms with van der Waals surface area (Å²) in [4.78, 5) is 16.9. The monoisotopic (exact) mass is 324 g/mol. The zero-order chi connectivity index (χ0) is 16.2. The van der Waals surface area contributed by atoms with Crippen molar-refractivity contribution in [3.63, 3.8) is 0 Å². The fourth-order valence-corrected chi connectivity index (χ4v) is 4.61. The van der Waals surface area contributed by atoms with E-state index >= 15 is 0 Å². The van der Waals surface area contributed by atoms with Crippen LogP contribution in [0, 0.1) is 11.8 Å². The maximum Gasteiger partial charge on any atom is 0.225 e. The van der Waals surface area contributed by atoms with Gasteiger partial charge in [0.05, 0.1) is 12.7 Å². The summed E-state index contributed by atoms with van der Waals surface area (Å²) < 4.78 is 0. The van der Waals surface area contributed by atoms with Crippen LogP contribution in [0.5, 0.6) is 0 Å². The molecule has 0 aromatic heterocycles. The zero-order valence-corrected chi connectivity index (χ0v) is 14.2. The molecule has 2 heterocycles. The number of amides is 1. The Kier molecular flexibility index (Phi) is 5.94. The van der Waals surface area contributed by atoms with Crippen molar-refractivity contribution in [2.75, 3.05) is 32.8 Å². The van der Waals surface area contributed by atoms with Crippen LogP contribution in [0.2, 0.25) is 0 Å². The van der Waals surface area contributed by atoms with Gasteiger partial charge >= 0.3 is 0 Å². The number of aliphatic hydroxyl groups excluding tert-OH is 2. The molecule has 1 aliphatic carbocycles. The third-order valence-corrected chi connectivity index (χ3v) is 6.14. The number of hydrogen-bond donors (Lipinski definition) is 2. The number of nitrogens with zero attached hydrogens (tertiary/aromatic N) is 2. The summed E-state index contributed by atoms with van der Waals surface area (Å²) in [5, 5.41) is 19.3. The predicted octanol–water partition coefficient (Wildman–Crippen LogP) is 1.23. The van der Waals surface area contributed by atoms with E-state index in [9.17, 15) is 15.0 Å². The number of rotatable bonds is 4. The lowest BCUT2D eigenvalue weighted by Crippen LogP contribution is -2.50. The third kappa shape index (κ3) is 4.25. The Morgan fingerprint density at radius 1 is 1.00 bits per heavy atom. The highest BCUT2D eigenvalue weighted by molar-refractivity contribution is 5.79. The van der Waals surface area contributed by atoms with Gasteiger partial charge in [-0.25, -0.2) is 0 Å². The van der Waals surface area contributed by atoms with Crippen LogP contribution in [-0.4, -0.2) is 70.9 Å². The lowest BCUT2D eigenvalue weighted by molar-refractivity contribution is -0.136. The Morgan fingerprint density at radius 3 is 2.35 bits per heavy atom. The minimum absolute atomic E-state index is 0.108. The van der Waals surface area contributed by atoms with Gasteiger partial charge < -0.3 is 15.1 Å². The molecule has 0 aromatic rings. The van der Waals surface area contributed by atoms with Crippen LogP contribution in [0.25, 0.3) is 0 Å². The number of piperidine rings is 2. The molecule has 0 bridgehead atoms. The summed E-state index contributed by atoms with van der Waals surface area (Å²) >= 11 is 0. The highest BCUT2D eigenvalue weighted by atomic mass is 16.3. The Hall–Kier alpha value is -0.650. The molecule has 5 nitrogen and oxygen atoms in total. The average Bonchev–Trinajstić information content (AvgIpc) is 3.11. The van der Waals surface area contributed by atoms with E-state index in [1.807, 2.05) is 0 Å². The largest absolute Gasteiger partial charge is 0.395 e. The first-order valence-electron chi connectivity index (χ1n) is 9.49. The quantitative estimate of drug-likeness (QED) is 0.816. The van der Waals surface area contributed by atoms with Crippen LogP contribution < -0.4 is 0 Å². The van der Waals surface area contributed by atoms with Crippen molar-refractivity contribution in [2.45, 2.75) is 63.5 Å². The lowest BCUT2D eigenvalue weighted by atomic mass is 9.92. The van der Waals surface area contributed by atoms with Crippen molar-refractivity contribution >= 4 is 5.91 Å². The van der Waals surface area contributed by atoms with E-state index in [1.165, 1.54) is 12.8 Å². The Balaban J connectivity index is 1.44. The molecule has 3 rings (SSSR count). The minimum atomic E-state index is -0.255. The van der Waals surface area contributed by atoms with Crippen LogP contribution in [0.15, 0.2) is 0 Å². The number of aliphatic hydroxyl groups is 2. The summed E-state index contributed by atoms with van der Waals surface area (Å²) in [5.74, 6) is 1.32. The van der Waals surface area contributed by atoms with Gasteiger partial charge in [0.15, 0.2) is 0 Å². The van der Waals surface area contributed by atoms with Gasteiger partial charge in [0, 0.05) is 38.1 Å². The van der Waals surface area contributed by atoms with E-state index in [-0.39, 0.29) is 18.8 Å². The lowest BCUT2D eigenvalue weighted by Gasteiger charge is -2.41. The number of carbonyl (C=O) groups is 1. The fraction of sp³-hybridized carbons (Fsp3) is 0.944. The van der Waals surface area contributed by atoms with E-state index in [1.54, 1.807) is 0 Å². The van der Waals surface area contributed by atoms with E-state index in [2.05, 4.69) is 9.80 Å². The van der Waals surface area contributed by atoms with Crippen LogP contribution in [0.3, 0.4) is 0 Å². The summed E-state index contributed by atoms with van der Waals surface area (Å²) in [6, 6.07) is 0.108. The molecule has 2 unspecified atom stereocenters. The SMILES string of the molecule is O=C(C1CCCC1)N1CCC(CN2CCC(O)CC2CO)CC1. The maximum absolute atomic E-state index is 12.5. The Bertz CT molecular complexity index is 390. The maximum atomic E-state index is 12.5. The second-order valence-electron chi connectivity index (χ2n) is 7.76. The topological polar surface area (TPSA) is 64.0 Å². The van der Waals surface area contributed by atoms with Gasteiger partial charge in [-0.15, -0.1) is 0 Å². The summed E-state index contributed by atoms with van der Waals surface area (Å²) in [6.45, 7) is 3.83. The fourth-order valence-electron chi connectivity index (χ4n) is 4.61. The van der Waals surface area contributed by atoms with Gasteiger partial charge in [-0.2, -0.15) is 0 Å². The second kappa shape index (κ2) is 7.95. The summed E-state index contributed by atoms with van der Waals surface area (Å²) in [7, 11) is 0. The molecule has 2 saturated heterocycles. The van der Waals surface area contributed by atoms with Crippen LogP contribution >= 0.6 is 0 Å². The first-order chi connectivity index (χ1) is 11.2. The molecule has 2 atom stereocenters. The molecule has 0 aromatic carbocycles. The molecule has 132 valence electrons. The molecule has 1 amide bonds. The third-order valence-electron chi connectivity index (χ3n) is 6.14. The van der Waals surface area contributed by atoms with Crippen molar-refractivity contribution in [1.29, 1.82) is 0 Å². The van der Waals surface area contributed by atoms with Gasteiger partial charge in [0.1, 0.15) is 0 Å². The average molecular weight is 324 g/mol. The van der Waals surface area contributed by atoms with Crippen LogP contribution in [0.1, 0.15) is 51.4 Å². The van der Waals surface area contributed by atoms with Crippen molar-refractivity contribution in [1.82, 2.24) is 9.80 Å². The van der Waals surface area contributed by atoms with E-state index in [0.29, 0.717) is 24.2 Å². The summed E-state index contributed by atoms with van der Waals surface area (Å²) in [6.07, 6.45) is 8.03. The molecule has 3 aliphatic rings. The van der Waals surface area contributed by atoms with Crippen molar-refractivity contribution in [2.24, 2.45) is 11.8 Å². The Morgan fingerprint density at radius 2 is 1.70 bits per heavy atom. The predicted molar refractivity (Wildman–Crippen MR) is 88.9 cm³/mol. The summed E-state index contributed by atoms with van der Waals surface area (Å²) in [5.41, 5.74) is 0. The molecule has 5 heteroatoms. The molecular weight excluding hydrogens is 292 g/mol. The molecule has 2 N–H and O–H groups in total. The molecule has 0 radical (unpaired) electrons. The second-order valence-corrected chi connectivity index (χ2v) is 7.76. The van der Waals surface area contributed by atoms with Gasteiger partial charge in [-0.1, -0.05) is 12.8 Å².